The van der Waals surface area contributed by atoms with Crippen LogP contribution in [0.15, 0.2) is 22.7 Å². The van der Waals surface area contributed by atoms with E-state index >= 15 is 0 Å². The van der Waals surface area contributed by atoms with Gasteiger partial charge in [-0.05, 0) is 18.1 Å². The Morgan fingerprint density at radius 3 is 2.75 bits per heavy atom. The van der Waals surface area contributed by atoms with Gasteiger partial charge in [0.1, 0.15) is 11.4 Å². The summed E-state index contributed by atoms with van der Waals surface area (Å²) >= 11 is 0. The highest BCUT2D eigenvalue weighted by Crippen LogP contribution is 2.30. The Kier molecular flexibility index (Phi) is 3.75. The Balaban J connectivity index is 2.45. The van der Waals surface area contributed by atoms with Crippen molar-refractivity contribution >= 4 is 5.69 Å². The molecule has 2 aromatic rings. The number of benzene rings is 1. The molecule has 0 amide bonds. The molecule has 0 aliphatic carbocycles. The molecule has 106 valence electrons. The average molecular weight is 280 g/mol. The van der Waals surface area contributed by atoms with Crippen molar-refractivity contribution < 1.29 is 13.8 Å². The highest BCUT2D eigenvalue weighted by atomic mass is 19.1. The number of nitro groups is 1. The standard InChI is InChI=1S/C12H13FN4O3/c1-6(2)10(14)11-15-12(20-16-11)8-4-3-7(13)5-9(8)17(18)19/h3-6,10H,14H2,1-2H3. The first-order valence-electron chi connectivity index (χ1n) is 5.93. The van der Waals surface area contributed by atoms with E-state index in [0.29, 0.717) is 0 Å². The van der Waals surface area contributed by atoms with Crippen LogP contribution in [-0.4, -0.2) is 15.1 Å². The zero-order valence-corrected chi connectivity index (χ0v) is 10.9. The minimum Gasteiger partial charge on any atom is -0.334 e. The van der Waals surface area contributed by atoms with Crippen molar-refractivity contribution in [3.8, 4) is 11.5 Å². The number of nitrogens with zero attached hydrogens (tertiary/aromatic N) is 3. The van der Waals surface area contributed by atoms with Crippen molar-refractivity contribution in [1.82, 2.24) is 10.1 Å². The first kappa shape index (κ1) is 14.1. The van der Waals surface area contributed by atoms with Gasteiger partial charge in [-0.2, -0.15) is 4.98 Å². The van der Waals surface area contributed by atoms with Gasteiger partial charge in [0.15, 0.2) is 5.82 Å². The topological polar surface area (TPSA) is 108 Å². The molecule has 20 heavy (non-hydrogen) atoms. The molecule has 1 aromatic heterocycles. The molecule has 0 aliphatic heterocycles. The third-order valence-corrected chi connectivity index (χ3v) is 2.84. The predicted octanol–water partition coefficient (Wildman–Crippen LogP) is 2.44. The molecular weight excluding hydrogens is 267 g/mol. The number of hydrogen-bond donors (Lipinski definition) is 1. The summed E-state index contributed by atoms with van der Waals surface area (Å²) in [7, 11) is 0. The summed E-state index contributed by atoms with van der Waals surface area (Å²) in [6.45, 7) is 3.78. The summed E-state index contributed by atoms with van der Waals surface area (Å²) in [6, 6.07) is 2.69. The largest absolute Gasteiger partial charge is 0.334 e. The quantitative estimate of drug-likeness (QED) is 0.680. The highest BCUT2D eigenvalue weighted by molar-refractivity contribution is 5.66. The van der Waals surface area contributed by atoms with Gasteiger partial charge in [0, 0.05) is 0 Å². The van der Waals surface area contributed by atoms with Crippen LogP contribution < -0.4 is 5.73 Å². The van der Waals surface area contributed by atoms with Crippen molar-refractivity contribution in [2.45, 2.75) is 19.9 Å². The summed E-state index contributed by atoms with van der Waals surface area (Å²) in [6.07, 6.45) is 0. The van der Waals surface area contributed by atoms with E-state index in [1.165, 1.54) is 6.07 Å². The normalized spacial score (nSPS) is 12.7. The Morgan fingerprint density at radius 1 is 1.45 bits per heavy atom. The van der Waals surface area contributed by atoms with Crippen molar-refractivity contribution in [3.63, 3.8) is 0 Å². The number of hydrogen-bond acceptors (Lipinski definition) is 6. The van der Waals surface area contributed by atoms with Crippen LogP contribution in [0, 0.1) is 21.8 Å². The molecule has 2 rings (SSSR count). The molecule has 0 radical (unpaired) electrons. The number of nitro benzene ring substituents is 1. The Labute approximate surface area is 113 Å². The summed E-state index contributed by atoms with van der Waals surface area (Å²) in [5.74, 6) is -0.417. The maximum atomic E-state index is 13.1. The summed E-state index contributed by atoms with van der Waals surface area (Å²) in [4.78, 5) is 14.3. The monoisotopic (exact) mass is 280 g/mol. The summed E-state index contributed by atoms with van der Waals surface area (Å²) in [5, 5.41) is 14.6. The van der Waals surface area contributed by atoms with E-state index in [9.17, 15) is 14.5 Å². The molecule has 0 aliphatic rings. The molecule has 0 spiro atoms. The van der Waals surface area contributed by atoms with E-state index in [1.54, 1.807) is 0 Å². The third kappa shape index (κ3) is 2.64. The molecule has 1 unspecified atom stereocenters. The van der Waals surface area contributed by atoms with Crippen LogP contribution in [0.1, 0.15) is 25.7 Å². The molecule has 1 heterocycles. The van der Waals surface area contributed by atoms with E-state index in [1.807, 2.05) is 13.8 Å². The number of rotatable bonds is 4. The van der Waals surface area contributed by atoms with E-state index in [4.69, 9.17) is 10.3 Å². The van der Waals surface area contributed by atoms with Crippen LogP contribution in [0.3, 0.4) is 0 Å². The third-order valence-electron chi connectivity index (χ3n) is 2.84. The van der Waals surface area contributed by atoms with Crippen molar-refractivity contribution in [3.05, 3.63) is 40.0 Å². The van der Waals surface area contributed by atoms with E-state index in [0.717, 1.165) is 12.1 Å². The molecule has 1 aromatic carbocycles. The first-order valence-corrected chi connectivity index (χ1v) is 5.93. The maximum absolute atomic E-state index is 13.1. The maximum Gasteiger partial charge on any atom is 0.285 e. The number of halogens is 1. The molecule has 2 N–H and O–H groups in total. The van der Waals surface area contributed by atoms with E-state index < -0.39 is 22.5 Å². The molecule has 0 saturated carbocycles. The van der Waals surface area contributed by atoms with Crippen LogP contribution in [0.25, 0.3) is 11.5 Å². The van der Waals surface area contributed by atoms with Gasteiger partial charge in [-0.15, -0.1) is 0 Å². The number of nitrogens with two attached hydrogens (primary N) is 1. The summed E-state index contributed by atoms with van der Waals surface area (Å²) < 4.78 is 18.1. The highest BCUT2D eigenvalue weighted by Gasteiger charge is 2.23. The lowest BCUT2D eigenvalue weighted by molar-refractivity contribution is -0.384. The Bertz CT molecular complexity index is 641. The second-order valence-corrected chi connectivity index (χ2v) is 4.65. The van der Waals surface area contributed by atoms with Crippen LogP contribution in [0.4, 0.5) is 10.1 Å². The zero-order valence-electron chi connectivity index (χ0n) is 10.9. The van der Waals surface area contributed by atoms with Gasteiger partial charge >= 0.3 is 0 Å². The van der Waals surface area contributed by atoms with Crippen LogP contribution in [0.2, 0.25) is 0 Å². The molecule has 0 bridgehead atoms. The van der Waals surface area contributed by atoms with Crippen LogP contribution >= 0.6 is 0 Å². The molecule has 1 atom stereocenters. The van der Waals surface area contributed by atoms with Gasteiger partial charge in [-0.25, -0.2) is 4.39 Å². The van der Waals surface area contributed by atoms with Gasteiger partial charge < -0.3 is 10.3 Å². The van der Waals surface area contributed by atoms with Gasteiger partial charge in [0.2, 0.25) is 0 Å². The average Bonchev–Trinajstić information content (AvgIpc) is 2.86. The van der Waals surface area contributed by atoms with Crippen molar-refractivity contribution in [2.24, 2.45) is 11.7 Å². The van der Waals surface area contributed by atoms with Gasteiger partial charge in [-0.1, -0.05) is 19.0 Å². The SMILES string of the molecule is CC(C)C(N)c1noc(-c2ccc(F)cc2[N+](=O)[O-])n1. The fraction of sp³-hybridized carbons (Fsp3) is 0.333. The molecular formula is C12H13FN4O3. The second kappa shape index (κ2) is 5.33. The minimum atomic E-state index is -0.709. The molecule has 0 saturated heterocycles. The predicted molar refractivity (Wildman–Crippen MR) is 68.1 cm³/mol. The first-order chi connectivity index (χ1) is 9.40. The van der Waals surface area contributed by atoms with Crippen LogP contribution in [0.5, 0.6) is 0 Å². The fourth-order valence-electron chi connectivity index (χ4n) is 1.61. The molecule has 8 heteroatoms. The van der Waals surface area contributed by atoms with E-state index in [-0.39, 0.29) is 23.2 Å². The van der Waals surface area contributed by atoms with Gasteiger partial charge in [-0.3, -0.25) is 10.1 Å². The smallest absolute Gasteiger partial charge is 0.285 e. The van der Waals surface area contributed by atoms with Crippen molar-refractivity contribution in [2.75, 3.05) is 0 Å². The lowest BCUT2D eigenvalue weighted by atomic mass is 10.1. The molecule has 7 nitrogen and oxygen atoms in total. The van der Waals surface area contributed by atoms with E-state index in [2.05, 4.69) is 10.1 Å². The van der Waals surface area contributed by atoms with Crippen LogP contribution in [-0.2, 0) is 0 Å². The minimum absolute atomic E-state index is 0.0530. The zero-order chi connectivity index (χ0) is 14.9. The van der Waals surface area contributed by atoms with Gasteiger partial charge in [0.25, 0.3) is 11.6 Å². The fourth-order valence-corrected chi connectivity index (χ4v) is 1.61. The second-order valence-electron chi connectivity index (χ2n) is 4.65. The van der Waals surface area contributed by atoms with Gasteiger partial charge in [0.05, 0.1) is 17.0 Å². The lowest BCUT2D eigenvalue weighted by Crippen LogP contribution is -2.18. The van der Waals surface area contributed by atoms with Crippen molar-refractivity contribution in [1.29, 1.82) is 0 Å². The Morgan fingerprint density at radius 2 is 2.15 bits per heavy atom. The number of aromatic nitrogens is 2. The lowest BCUT2D eigenvalue weighted by Gasteiger charge is -2.09. The Hall–Kier alpha value is -2.35. The molecule has 0 fully saturated rings. The summed E-state index contributed by atoms with van der Waals surface area (Å²) in [5.41, 5.74) is 5.50.